The van der Waals surface area contributed by atoms with Gasteiger partial charge in [-0.15, -0.1) is 0 Å². The minimum atomic E-state index is -0.728. The normalized spacial score (nSPS) is 11.0. The van der Waals surface area contributed by atoms with Crippen molar-refractivity contribution in [2.24, 2.45) is 0 Å². The van der Waals surface area contributed by atoms with Crippen molar-refractivity contribution in [2.75, 3.05) is 20.1 Å². The van der Waals surface area contributed by atoms with Gasteiger partial charge in [-0.2, -0.15) is 4.39 Å². The fraction of sp³-hybridized carbons (Fsp3) is 0.538. The summed E-state index contributed by atoms with van der Waals surface area (Å²) in [6.07, 6.45) is 2.16. The number of hydrogen-bond donors (Lipinski definition) is 1. The zero-order valence-electron chi connectivity index (χ0n) is 11.1. The molecule has 0 saturated heterocycles. The maximum absolute atomic E-state index is 13.2. The van der Waals surface area contributed by atoms with Crippen molar-refractivity contribution in [3.8, 4) is 0 Å². The zero-order valence-corrected chi connectivity index (χ0v) is 11.1. The van der Waals surface area contributed by atoms with Crippen molar-refractivity contribution < 1.29 is 9.18 Å². The lowest BCUT2D eigenvalue weighted by molar-refractivity contribution is 0.0946. The van der Waals surface area contributed by atoms with Gasteiger partial charge in [-0.3, -0.25) is 4.79 Å². The molecule has 1 amide bonds. The molecule has 0 aliphatic carbocycles. The smallest absolute Gasteiger partial charge is 0.255 e. The number of hydrogen-bond acceptors (Lipinski definition) is 3. The van der Waals surface area contributed by atoms with Crippen molar-refractivity contribution in [3.63, 3.8) is 0 Å². The first-order chi connectivity index (χ1) is 8.52. The second kappa shape index (κ2) is 7.06. The standard InChI is InChI=1S/C13H20FN3O/c1-10(2)17(3)9-5-8-16-13(18)11-6-4-7-15-12(11)14/h4,6-7,10H,5,8-9H2,1-3H3,(H,16,18). The van der Waals surface area contributed by atoms with Gasteiger partial charge in [0.25, 0.3) is 5.91 Å². The number of amides is 1. The highest BCUT2D eigenvalue weighted by Gasteiger charge is 2.11. The van der Waals surface area contributed by atoms with E-state index in [1.54, 1.807) is 6.07 Å². The van der Waals surface area contributed by atoms with Gasteiger partial charge in [-0.05, 0) is 46.0 Å². The summed E-state index contributed by atoms with van der Waals surface area (Å²) in [5, 5.41) is 2.69. The van der Waals surface area contributed by atoms with Crippen molar-refractivity contribution in [2.45, 2.75) is 26.3 Å². The first-order valence-electron chi connectivity index (χ1n) is 6.11. The van der Waals surface area contributed by atoms with E-state index in [4.69, 9.17) is 0 Å². The third-order valence-corrected chi connectivity index (χ3v) is 2.86. The van der Waals surface area contributed by atoms with Crippen LogP contribution in [0.3, 0.4) is 0 Å². The lowest BCUT2D eigenvalue weighted by Gasteiger charge is -2.20. The summed E-state index contributed by atoms with van der Waals surface area (Å²) in [4.78, 5) is 17.3. The first-order valence-corrected chi connectivity index (χ1v) is 6.11. The van der Waals surface area contributed by atoms with E-state index in [1.807, 2.05) is 7.05 Å². The van der Waals surface area contributed by atoms with E-state index < -0.39 is 11.9 Å². The summed E-state index contributed by atoms with van der Waals surface area (Å²) in [6, 6.07) is 3.46. The number of carbonyl (C=O) groups is 1. The molecular formula is C13H20FN3O. The van der Waals surface area contributed by atoms with Gasteiger partial charge in [0.2, 0.25) is 5.95 Å². The van der Waals surface area contributed by atoms with Crippen LogP contribution in [0, 0.1) is 5.95 Å². The molecule has 0 fully saturated rings. The minimum Gasteiger partial charge on any atom is -0.352 e. The molecule has 100 valence electrons. The average molecular weight is 253 g/mol. The lowest BCUT2D eigenvalue weighted by Crippen LogP contribution is -2.31. The SMILES string of the molecule is CC(C)N(C)CCCNC(=O)c1cccnc1F. The molecule has 1 aromatic rings. The summed E-state index contributed by atoms with van der Waals surface area (Å²) in [5.74, 6) is -1.14. The van der Waals surface area contributed by atoms with Crippen LogP contribution >= 0.6 is 0 Å². The first kappa shape index (κ1) is 14.6. The summed E-state index contributed by atoms with van der Waals surface area (Å²) in [6.45, 7) is 5.66. The molecule has 18 heavy (non-hydrogen) atoms. The monoisotopic (exact) mass is 253 g/mol. The number of halogens is 1. The number of nitrogens with zero attached hydrogens (tertiary/aromatic N) is 2. The molecule has 1 heterocycles. The summed E-state index contributed by atoms with van der Waals surface area (Å²) in [5.41, 5.74) is -0.00489. The van der Waals surface area contributed by atoms with Crippen molar-refractivity contribution in [1.82, 2.24) is 15.2 Å². The molecule has 0 aromatic carbocycles. The molecule has 1 N–H and O–H groups in total. The lowest BCUT2D eigenvalue weighted by atomic mass is 10.2. The molecule has 0 aliphatic heterocycles. The van der Waals surface area contributed by atoms with E-state index in [0.29, 0.717) is 12.6 Å². The Hall–Kier alpha value is -1.49. The second-order valence-corrected chi connectivity index (χ2v) is 4.53. The van der Waals surface area contributed by atoms with Crippen LogP contribution in [0.2, 0.25) is 0 Å². The number of pyridine rings is 1. The molecule has 0 saturated carbocycles. The fourth-order valence-electron chi connectivity index (χ4n) is 1.44. The van der Waals surface area contributed by atoms with Gasteiger partial charge in [-0.25, -0.2) is 4.98 Å². The largest absolute Gasteiger partial charge is 0.352 e. The summed E-state index contributed by atoms with van der Waals surface area (Å²) in [7, 11) is 2.03. The van der Waals surface area contributed by atoms with Crippen LogP contribution in [0.25, 0.3) is 0 Å². The highest BCUT2D eigenvalue weighted by atomic mass is 19.1. The Morgan fingerprint density at radius 1 is 1.56 bits per heavy atom. The Balaban J connectivity index is 2.32. The van der Waals surface area contributed by atoms with Crippen LogP contribution in [0.15, 0.2) is 18.3 Å². The molecule has 1 rings (SSSR count). The number of rotatable bonds is 6. The molecule has 0 aliphatic rings. The van der Waals surface area contributed by atoms with Crippen LogP contribution in [-0.2, 0) is 0 Å². The highest BCUT2D eigenvalue weighted by Crippen LogP contribution is 2.02. The van der Waals surface area contributed by atoms with Crippen molar-refractivity contribution in [3.05, 3.63) is 29.8 Å². The van der Waals surface area contributed by atoms with E-state index in [-0.39, 0.29) is 5.56 Å². The van der Waals surface area contributed by atoms with E-state index in [0.717, 1.165) is 13.0 Å². The van der Waals surface area contributed by atoms with Gasteiger partial charge in [-0.1, -0.05) is 0 Å². The van der Waals surface area contributed by atoms with E-state index >= 15 is 0 Å². The van der Waals surface area contributed by atoms with E-state index in [1.165, 1.54) is 12.3 Å². The predicted molar refractivity (Wildman–Crippen MR) is 68.9 cm³/mol. The van der Waals surface area contributed by atoms with Gasteiger partial charge in [0.05, 0.1) is 5.56 Å². The van der Waals surface area contributed by atoms with Crippen LogP contribution in [0.4, 0.5) is 4.39 Å². The van der Waals surface area contributed by atoms with Crippen LogP contribution in [-0.4, -0.2) is 42.0 Å². The van der Waals surface area contributed by atoms with Gasteiger partial charge in [0.15, 0.2) is 0 Å². The molecule has 0 radical (unpaired) electrons. The zero-order chi connectivity index (χ0) is 13.5. The van der Waals surface area contributed by atoms with Crippen LogP contribution < -0.4 is 5.32 Å². The fourth-order valence-corrected chi connectivity index (χ4v) is 1.44. The molecule has 0 atom stereocenters. The second-order valence-electron chi connectivity index (χ2n) is 4.53. The van der Waals surface area contributed by atoms with Crippen molar-refractivity contribution >= 4 is 5.91 Å². The number of carbonyl (C=O) groups excluding carboxylic acids is 1. The molecule has 1 aromatic heterocycles. The van der Waals surface area contributed by atoms with Gasteiger partial charge in [0, 0.05) is 18.8 Å². The summed E-state index contributed by atoms with van der Waals surface area (Å²) < 4.78 is 13.2. The van der Waals surface area contributed by atoms with Gasteiger partial charge < -0.3 is 10.2 Å². The third kappa shape index (κ3) is 4.41. The van der Waals surface area contributed by atoms with E-state index in [2.05, 4.69) is 29.0 Å². The molecule has 5 heteroatoms. The van der Waals surface area contributed by atoms with E-state index in [9.17, 15) is 9.18 Å². The highest BCUT2D eigenvalue weighted by molar-refractivity contribution is 5.94. The predicted octanol–water partition coefficient (Wildman–Crippen LogP) is 1.68. The maximum atomic E-state index is 13.2. The molecule has 0 unspecified atom stereocenters. The Labute approximate surface area is 107 Å². The topological polar surface area (TPSA) is 45.2 Å². The number of nitrogens with one attached hydrogen (secondary N) is 1. The molecule has 4 nitrogen and oxygen atoms in total. The Morgan fingerprint density at radius 3 is 2.89 bits per heavy atom. The average Bonchev–Trinajstić information content (AvgIpc) is 2.34. The Kier molecular flexibility index (Phi) is 5.71. The van der Waals surface area contributed by atoms with Crippen LogP contribution in [0.5, 0.6) is 0 Å². The Bertz CT molecular complexity index is 396. The number of aromatic nitrogens is 1. The van der Waals surface area contributed by atoms with Gasteiger partial charge >= 0.3 is 0 Å². The maximum Gasteiger partial charge on any atom is 0.255 e. The van der Waals surface area contributed by atoms with Crippen molar-refractivity contribution in [1.29, 1.82) is 0 Å². The third-order valence-electron chi connectivity index (χ3n) is 2.86. The quantitative estimate of drug-likeness (QED) is 0.619. The van der Waals surface area contributed by atoms with Gasteiger partial charge in [0.1, 0.15) is 0 Å². The Morgan fingerprint density at radius 2 is 2.28 bits per heavy atom. The van der Waals surface area contributed by atoms with Crippen LogP contribution in [0.1, 0.15) is 30.6 Å². The molecule has 0 spiro atoms. The molecular weight excluding hydrogens is 233 g/mol. The molecule has 0 bridgehead atoms. The summed E-state index contributed by atoms with van der Waals surface area (Å²) >= 11 is 0. The minimum absolute atomic E-state index is 0.00489.